The number of thiol groups is 1. The molecule has 0 radical (unpaired) electrons. The molecular weight excluding hydrogens is 400 g/mol. The second-order valence-electron chi connectivity index (χ2n) is 6.07. The Morgan fingerprint density at radius 1 is 1.08 bits per heavy atom. The summed E-state index contributed by atoms with van der Waals surface area (Å²) in [6.45, 7) is 1.28. The number of likely N-dealkylation sites (tertiary alicyclic amines) is 1. The molecule has 1 heterocycles. The van der Waals surface area contributed by atoms with Crippen LogP contribution in [0.1, 0.15) is 33.6 Å². The minimum absolute atomic E-state index is 0.0341. The molecule has 0 aromatic heterocycles. The summed E-state index contributed by atoms with van der Waals surface area (Å²) in [6, 6.07) is 14.7. The Morgan fingerprint density at radius 2 is 1.80 bits per heavy atom. The van der Waals surface area contributed by atoms with Crippen LogP contribution in [0.2, 0.25) is 0 Å². The van der Waals surface area contributed by atoms with Crippen molar-refractivity contribution in [3.05, 3.63) is 64.1 Å². The summed E-state index contributed by atoms with van der Waals surface area (Å²) in [4.78, 5) is 27.4. The summed E-state index contributed by atoms with van der Waals surface area (Å²) in [7, 11) is 0. The zero-order chi connectivity index (χ0) is 17.8. The van der Waals surface area contributed by atoms with Crippen molar-refractivity contribution < 1.29 is 9.59 Å². The van der Waals surface area contributed by atoms with Crippen LogP contribution in [0.3, 0.4) is 0 Å². The van der Waals surface area contributed by atoms with Crippen LogP contribution in [0.15, 0.2) is 57.9 Å². The first-order chi connectivity index (χ1) is 12.0. The Morgan fingerprint density at radius 3 is 2.48 bits per heavy atom. The number of carbonyl (C=O) groups is 2. The minimum Gasteiger partial charge on any atom is -0.349 e. The van der Waals surface area contributed by atoms with Gasteiger partial charge in [-0.25, -0.2) is 0 Å². The van der Waals surface area contributed by atoms with Crippen LogP contribution in [-0.4, -0.2) is 35.8 Å². The molecule has 0 aliphatic carbocycles. The summed E-state index contributed by atoms with van der Waals surface area (Å²) >= 11 is 7.72. The largest absolute Gasteiger partial charge is 0.349 e. The first-order valence-corrected chi connectivity index (χ1v) is 9.42. The van der Waals surface area contributed by atoms with Gasteiger partial charge in [-0.1, -0.05) is 34.1 Å². The van der Waals surface area contributed by atoms with Gasteiger partial charge in [-0.05, 0) is 43.2 Å². The van der Waals surface area contributed by atoms with Gasteiger partial charge < -0.3 is 10.2 Å². The number of benzene rings is 2. The van der Waals surface area contributed by atoms with E-state index in [4.69, 9.17) is 0 Å². The fourth-order valence-electron chi connectivity index (χ4n) is 2.96. The summed E-state index contributed by atoms with van der Waals surface area (Å²) in [5.74, 6) is -0.0749. The fourth-order valence-corrected chi connectivity index (χ4v) is 3.62. The van der Waals surface area contributed by atoms with Crippen molar-refractivity contribution in [1.29, 1.82) is 0 Å². The summed E-state index contributed by atoms with van der Waals surface area (Å²) in [6.07, 6.45) is 1.50. The molecule has 6 heteroatoms. The average Bonchev–Trinajstić information content (AvgIpc) is 2.62. The summed E-state index contributed by atoms with van der Waals surface area (Å²) in [5.41, 5.74) is 1.26. The van der Waals surface area contributed by atoms with Crippen molar-refractivity contribution in [2.45, 2.75) is 23.8 Å². The Labute approximate surface area is 161 Å². The minimum atomic E-state index is -0.109. The normalized spacial score (nSPS) is 15.0. The van der Waals surface area contributed by atoms with Gasteiger partial charge in [-0.15, -0.1) is 12.6 Å². The van der Waals surface area contributed by atoms with E-state index in [1.54, 1.807) is 12.1 Å². The van der Waals surface area contributed by atoms with Crippen LogP contribution < -0.4 is 5.32 Å². The number of hydrogen-bond donors (Lipinski definition) is 2. The molecule has 2 aromatic carbocycles. The highest BCUT2D eigenvalue weighted by molar-refractivity contribution is 9.10. The lowest BCUT2D eigenvalue weighted by atomic mass is 10.0. The third kappa shape index (κ3) is 4.44. The van der Waals surface area contributed by atoms with Crippen LogP contribution >= 0.6 is 28.6 Å². The Balaban J connectivity index is 1.56. The predicted octanol–water partition coefficient (Wildman–Crippen LogP) is 3.77. The molecule has 1 N–H and O–H groups in total. The van der Waals surface area contributed by atoms with E-state index in [-0.39, 0.29) is 17.9 Å². The molecule has 1 saturated heterocycles. The summed E-state index contributed by atoms with van der Waals surface area (Å²) in [5, 5.41) is 3.05. The summed E-state index contributed by atoms with van der Waals surface area (Å²) < 4.78 is 0.894. The van der Waals surface area contributed by atoms with Gasteiger partial charge in [0.2, 0.25) is 0 Å². The molecule has 0 spiro atoms. The average molecular weight is 419 g/mol. The molecule has 0 unspecified atom stereocenters. The van der Waals surface area contributed by atoms with Crippen LogP contribution in [0.5, 0.6) is 0 Å². The molecule has 1 aliphatic heterocycles. The van der Waals surface area contributed by atoms with Crippen LogP contribution in [0, 0.1) is 0 Å². The van der Waals surface area contributed by atoms with Gasteiger partial charge in [0.15, 0.2) is 0 Å². The fraction of sp³-hybridized carbons (Fsp3) is 0.263. The van der Waals surface area contributed by atoms with E-state index in [1.165, 1.54) is 0 Å². The van der Waals surface area contributed by atoms with Gasteiger partial charge in [0.1, 0.15) is 0 Å². The zero-order valence-corrected chi connectivity index (χ0v) is 16.1. The van der Waals surface area contributed by atoms with Crippen molar-refractivity contribution in [3.8, 4) is 0 Å². The van der Waals surface area contributed by atoms with Crippen molar-refractivity contribution in [2.24, 2.45) is 0 Å². The molecule has 0 bridgehead atoms. The number of amides is 2. The molecule has 3 rings (SSSR count). The molecule has 2 aromatic rings. The number of nitrogens with zero attached hydrogens (tertiary/aromatic N) is 1. The van der Waals surface area contributed by atoms with E-state index in [0.29, 0.717) is 29.1 Å². The highest BCUT2D eigenvalue weighted by Crippen LogP contribution is 2.18. The lowest BCUT2D eigenvalue weighted by Gasteiger charge is -2.32. The number of rotatable bonds is 3. The molecule has 1 aliphatic rings. The number of hydrogen-bond acceptors (Lipinski definition) is 3. The zero-order valence-electron chi connectivity index (χ0n) is 13.6. The quantitative estimate of drug-likeness (QED) is 0.745. The highest BCUT2D eigenvalue weighted by Gasteiger charge is 2.25. The maximum Gasteiger partial charge on any atom is 0.253 e. The molecular formula is C19H19BrN2O2S. The SMILES string of the molecule is O=C(NC1CCN(C(=O)c2cccc(Br)c2)CC1)c1ccccc1S. The number of halogens is 1. The first-order valence-electron chi connectivity index (χ1n) is 8.18. The third-order valence-electron chi connectivity index (χ3n) is 4.34. The van der Waals surface area contributed by atoms with E-state index >= 15 is 0 Å². The number of nitrogens with one attached hydrogen (secondary N) is 1. The maximum absolute atomic E-state index is 12.6. The predicted molar refractivity (Wildman–Crippen MR) is 104 cm³/mol. The molecule has 130 valence electrons. The Bertz CT molecular complexity index is 788. The van der Waals surface area contributed by atoms with Crippen molar-refractivity contribution in [1.82, 2.24) is 10.2 Å². The molecule has 4 nitrogen and oxygen atoms in total. The van der Waals surface area contributed by atoms with Crippen molar-refractivity contribution in [3.63, 3.8) is 0 Å². The van der Waals surface area contributed by atoms with Crippen LogP contribution in [0.4, 0.5) is 0 Å². The number of piperidine rings is 1. The Kier molecular flexibility index (Phi) is 5.81. The highest BCUT2D eigenvalue weighted by atomic mass is 79.9. The monoisotopic (exact) mass is 418 g/mol. The van der Waals surface area contributed by atoms with Gasteiger partial charge in [0.05, 0.1) is 5.56 Å². The van der Waals surface area contributed by atoms with Gasteiger partial charge >= 0.3 is 0 Å². The molecule has 2 amide bonds. The number of carbonyl (C=O) groups excluding carboxylic acids is 2. The van der Waals surface area contributed by atoms with E-state index < -0.39 is 0 Å². The van der Waals surface area contributed by atoms with E-state index in [9.17, 15) is 9.59 Å². The smallest absolute Gasteiger partial charge is 0.253 e. The molecule has 0 saturated carbocycles. The molecule has 0 atom stereocenters. The van der Waals surface area contributed by atoms with Crippen LogP contribution in [-0.2, 0) is 0 Å². The van der Waals surface area contributed by atoms with Crippen LogP contribution in [0.25, 0.3) is 0 Å². The second-order valence-corrected chi connectivity index (χ2v) is 7.46. The lowest BCUT2D eigenvalue weighted by Crippen LogP contribution is -2.46. The topological polar surface area (TPSA) is 49.4 Å². The molecule has 1 fully saturated rings. The Hall–Kier alpha value is -1.79. The van der Waals surface area contributed by atoms with E-state index in [0.717, 1.165) is 17.3 Å². The van der Waals surface area contributed by atoms with Gasteiger partial charge in [0.25, 0.3) is 11.8 Å². The van der Waals surface area contributed by atoms with E-state index in [2.05, 4.69) is 33.9 Å². The van der Waals surface area contributed by atoms with Gasteiger partial charge in [-0.2, -0.15) is 0 Å². The van der Waals surface area contributed by atoms with E-state index in [1.807, 2.05) is 41.3 Å². The van der Waals surface area contributed by atoms with Crippen molar-refractivity contribution in [2.75, 3.05) is 13.1 Å². The standard InChI is InChI=1S/C19H19BrN2O2S/c20-14-5-3-4-13(12-14)19(24)22-10-8-15(9-11-22)21-18(23)16-6-1-2-7-17(16)25/h1-7,12,15,25H,8-11H2,(H,21,23). The first kappa shape index (κ1) is 18.0. The van der Waals surface area contributed by atoms with Crippen molar-refractivity contribution >= 4 is 40.4 Å². The molecule has 25 heavy (non-hydrogen) atoms. The third-order valence-corrected chi connectivity index (χ3v) is 5.22. The van der Waals surface area contributed by atoms with Gasteiger partial charge in [0, 0.05) is 34.1 Å². The maximum atomic E-state index is 12.6. The van der Waals surface area contributed by atoms with Gasteiger partial charge in [-0.3, -0.25) is 9.59 Å². The second kappa shape index (κ2) is 8.06. The lowest BCUT2D eigenvalue weighted by molar-refractivity contribution is 0.0698.